The minimum absolute atomic E-state index is 0.00699. The standard InChI is InChI=1S/C43H37N5O/c1-42(2,3)27-18-20-45-40(22-27)47-36-11-9-8-10-32(36)33-15-13-30(25-38(33)47)49-31-14-16-34-35-24-29(44-7)12-17-37(35)48(39(34)26-31)41-23-28(19-21-46-41)43(4,5)6/h8-26H,1-6H3. The molecule has 0 aliphatic rings. The van der Waals surface area contributed by atoms with Gasteiger partial charge in [0.1, 0.15) is 23.1 Å². The summed E-state index contributed by atoms with van der Waals surface area (Å²) in [5.74, 6) is 3.15. The van der Waals surface area contributed by atoms with E-state index in [1.165, 1.54) is 16.5 Å². The van der Waals surface area contributed by atoms with Gasteiger partial charge in [0.15, 0.2) is 5.69 Å². The third-order valence-corrected chi connectivity index (χ3v) is 9.41. The molecule has 0 amide bonds. The monoisotopic (exact) mass is 639 g/mol. The summed E-state index contributed by atoms with van der Waals surface area (Å²) in [6.07, 6.45) is 3.78. The van der Waals surface area contributed by atoms with E-state index in [0.29, 0.717) is 11.4 Å². The second-order valence-corrected chi connectivity index (χ2v) is 14.8. The summed E-state index contributed by atoms with van der Waals surface area (Å²) in [6, 6.07) is 35.3. The Hall–Kier alpha value is -5.93. The van der Waals surface area contributed by atoms with E-state index in [-0.39, 0.29) is 10.8 Å². The van der Waals surface area contributed by atoms with Gasteiger partial charge in [0.2, 0.25) is 0 Å². The highest BCUT2D eigenvalue weighted by Gasteiger charge is 2.20. The molecule has 0 aliphatic heterocycles. The second kappa shape index (κ2) is 11.1. The highest BCUT2D eigenvalue weighted by molar-refractivity contribution is 6.11. The zero-order valence-corrected chi connectivity index (χ0v) is 28.6. The Balaban J connectivity index is 1.29. The molecule has 0 bridgehead atoms. The molecule has 0 aliphatic carbocycles. The number of nitrogens with zero attached hydrogens (tertiary/aromatic N) is 5. The molecule has 0 atom stereocenters. The first kappa shape index (κ1) is 30.4. The summed E-state index contributed by atoms with van der Waals surface area (Å²) in [6.45, 7) is 20.9. The number of para-hydroxylation sites is 1. The van der Waals surface area contributed by atoms with Crippen LogP contribution in [0.2, 0.25) is 0 Å². The van der Waals surface area contributed by atoms with Crippen molar-refractivity contribution in [2.24, 2.45) is 0 Å². The van der Waals surface area contributed by atoms with Gasteiger partial charge in [-0.05, 0) is 94.1 Å². The molecule has 0 radical (unpaired) electrons. The van der Waals surface area contributed by atoms with Crippen LogP contribution in [0.25, 0.3) is 60.1 Å². The number of fused-ring (bicyclic) bond motifs is 6. The van der Waals surface area contributed by atoms with E-state index in [4.69, 9.17) is 21.3 Å². The first-order valence-electron chi connectivity index (χ1n) is 16.6. The van der Waals surface area contributed by atoms with Crippen LogP contribution in [0.4, 0.5) is 5.69 Å². The van der Waals surface area contributed by atoms with E-state index in [2.05, 4.69) is 128 Å². The Bertz CT molecular complexity index is 2620. The third-order valence-electron chi connectivity index (χ3n) is 9.41. The Morgan fingerprint density at radius 2 is 1.04 bits per heavy atom. The van der Waals surface area contributed by atoms with E-state index < -0.39 is 0 Å². The number of hydrogen-bond donors (Lipinski definition) is 0. The smallest absolute Gasteiger partial charge is 0.188 e. The average molecular weight is 640 g/mol. The van der Waals surface area contributed by atoms with Gasteiger partial charge < -0.3 is 4.74 Å². The number of benzene rings is 4. The van der Waals surface area contributed by atoms with Crippen molar-refractivity contribution in [3.63, 3.8) is 0 Å². The molecule has 4 aromatic carbocycles. The highest BCUT2D eigenvalue weighted by Crippen LogP contribution is 2.39. The van der Waals surface area contributed by atoms with Gasteiger partial charge >= 0.3 is 0 Å². The fraction of sp³-hybridized carbons (Fsp3) is 0.186. The molecular formula is C43H37N5O. The molecule has 0 spiro atoms. The lowest BCUT2D eigenvalue weighted by molar-refractivity contribution is 0.484. The molecule has 0 N–H and O–H groups in total. The first-order chi connectivity index (χ1) is 23.5. The molecule has 4 heterocycles. The van der Waals surface area contributed by atoms with Crippen molar-refractivity contribution in [2.45, 2.75) is 52.4 Å². The van der Waals surface area contributed by atoms with Gasteiger partial charge in [-0.3, -0.25) is 9.13 Å². The molecule has 6 nitrogen and oxygen atoms in total. The van der Waals surface area contributed by atoms with Gasteiger partial charge in [-0.15, -0.1) is 0 Å². The minimum Gasteiger partial charge on any atom is -0.457 e. The number of hydrogen-bond acceptors (Lipinski definition) is 3. The molecule has 6 heteroatoms. The number of pyridine rings is 2. The van der Waals surface area contributed by atoms with Gasteiger partial charge in [-0.25, -0.2) is 14.8 Å². The van der Waals surface area contributed by atoms with Crippen LogP contribution in [0.1, 0.15) is 52.7 Å². The van der Waals surface area contributed by atoms with Gasteiger partial charge in [0, 0.05) is 40.7 Å². The van der Waals surface area contributed by atoms with Crippen LogP contribution in [0.5, 0.6) is 11.5 Å². The molecule has 0 saturated heterocycles. The Morgan fingerprint density at radius 3 is 1.59 bits per heavy atom. The number of ether oxygens (including phenoxy) is 1. The molecule has 8 aromatic rings. The number of aromatic nitrogens is 4. The average Bonchev–Trinajstić information content (AvgIpc) is 3.59. The van der Waals surface area contributed by atoms with E-state index in [1.807, 2.05) is 42.7 Å². The van der Waals surface area contributed by atoms with Gasteiger partial charge in [-0.2, -0.15) is 0 Å². The molecule has 0 saturated carbocycles. The maximum atomic E-state index is 7.63. The SMILES string of the molecule is [C-]#[N+]c1ccc2c(c1)c1ccc(Oc3ccc4c5ccccc5n(-c5cc(C(C)(C)C)ccn5)c4c3)cc1n2-c1cc(C(C)(C)C)ccn1. The quantitative estimate of drug-likeness (QED) is 0.180. The number of rotatable bonds is 4. The normalized spacial score (nSPS) is 12.3. The predicted molar refractivity (Wildman–Crippen MR) is 201 cm³/mol. The van der Waals surface area contributed by atoms with Crippen LogP contribution in [0, 0.1) is 6.57 Å². The maximum Gasteiger partial charge on any atom is 0.188 e. The molecule has 49 heavy (non-hydrogen) atoms. The van der Waals surface area contributed by atoms with Crippen molar-refractivity contribution < 1.29 is 4.74 Å². The zero-order chi connectivity index (χ0) is 34.1. The molecule has 240 valence electrons. The first-order valence-corrected chi connectivity index (χ1v) is 16.6. The van der Waals surface area contributed by atoms with Crippen molar-refractivity contribution in [2.75, 3.05) is 0 Å². The maximum absolute atomic E-state index is 7.63. The predicted octanol–water partition coefficient (Wildman–Crippen LogP) is 11.6. The molecule has 0 fully saturated rings. The van der Waals surface area contributed by atoms with Gasteiger partial charge in [-0.1, -0.05) is 65.8 Å². The van der Waals surface area contributed by atoms with Crippen molar-refractivity contribution in [1.29, 1.82) is 0 Å². The third kappa shape index (κ3) is 5.19. The minimum atomic E-state index is -0.0350. The van der Waals surface area contributed by atoms with Gasteiger partial charge in [0.25, 0.3) is 0 Å². The summed E-state index contributed by atoms with van der Waals surface area (Å²) >= 11 is 0. The van der Waals surface area contributed by atoms with Crippen LogP contribution >= 0.6 is 0 Å². The van der Waals surface area contributed by atoms with Crippen LogP contribution < -0.4 is 4.74 Å². The van der Waals surface area contributed by atoms with Crippen molar-refractivity contribution in [3.8, 4) is 23.1 Å². The second-order valence-electron chi connectivity index (χ2n) is 14.8. The van der Waals surface area contributed by atoms with Crippen molar-refractivity contribution in [1.82, 2.24) is 19.1 Å². The largest absolute Gasteiger partial charge is 0.457 e. The highest BCUT2D eigenvalue weighted by atomic mass is 16.5. The molecule has 8 rings (SSSR count). The van der Waals surface area contributed by atoms with Crippen molar-refractivity contribution in [3.05, 3.63) is 138 Å². The summed E-state index contributed by atoms with van der Waals surface area (Å²) in [5.41, 5.74) is 7.08. The Morgan fingerprint density at radius 1 is 0.531 bits per heavy atom. The Kier molecular flexibility index (Phi) is 6.87. The fourth-order valence-electron chi connectivity index (χ4n) is 6.78. The lowest BCUT2D eigenvalue weighted by atomic mass is 9.88. The zero-order valence-electron chi connectivity index (χ0n) is 28.6. The summed E-state index contributed by atoms with van der Waals surface area (Å²) in [5, 5.41) is 4.36. The molecular weight excluding hydrogens is 603 g/mol. The molecule has 0 unspecified atom stereocenters. The fourth-order valence-corrected chi connectivity index (χ4v) is 6.78. The van der Waals surface area contributed by atoms with E-state index in [0.717, 1.165) is 55.6 Å². The summed E-state index contributed by atoms with van der Waals surface area (Å²) in [7, 11) is 0. The van der Waals surface area contributed by atoms with Crippen LogP contribution in [-0.4, -0.2) is 19.1 Å². The molecule has 4 aromatic heterocycles. The summed E-state index contributed by atoms with van der Waals surface area (Å²) < 4.78 is 11.1. The van der Waals surface area contributed by atoms with Crippen LogP contribution in [-0.2, 0) is 10.8 Å². The van der Waals surface area contributed by atoms with E-state index >= 15 is 0 Å². The van der Waals surface area contributed by atoms with Crippen LogP contribution in [0.3, 0.4) is 0 Å². The van der Waals surface area contributed by atoms with E-state index in [1.54, 1.807) is 0 Å². The van der Waals surface area contributed by atoms with Crippen LogP contribution in [0.15, 0.2) is 116 Å². The summed E-state index contributed by atoms with van der Waals surface area (Å²) in [4.78, 5) is 13.4. The lowest BCUT2D eigenvalue weighted by Gasteiger charge is -2.20. The van der Waals surface area contributed by atoms with Crippen molar-refractivity contribution >= 4 is 49.3 Å². The Labute approximate surface area is 286 Å². The van der Waals surface area contributed by atoms with E-state index in [9.17, 15) is 0 Å². The topological polar surface area (TPSA) is 49.2 Å². The van der Waals surface area contributed by atoms with Gasteiger partial charge in [0.05, 0.1) is 28.6 Å². The lowest BCUT2D eigenvalue weighted by Crippen LogP contribution is -2.12.